The van der Waals surface area contributed by atoms with Crippen LogP contribution in [0.25, 0.3) is 6.08 Å². The summed E-state index contributed by atoms with van der Waals surface area (Å²) < 4.78 is 34.9. The van der Waals surface area contributed by atoms with Gasteiger partial charge in [0.15, 0.2) is 16.4 Å². The quantitative estimate of drug-likeness (QED) is 0.549. The lowest BCUT2D eigenvalue weighted by Gasteiger charge is -2.09. The number of ether oxygens (including phenoxy) is 1. The second kappa shape index (κ2) is 7.20. The maximum Gasteiger partial charge on any atom is 0.331 e. The highest BCUT2D eigenvalue weighted by Crippen LogP contribution is 2.30. The van der Waals surface area contributed by atoms with Gasteiger partial charge in [0.25, 0.3) is 5.89 Å². The van der Waals surface area contributed by atoms with Crippen molar-refractivity contribution >= 4 is 33.5 Å². The summed E-state index contributed by atoms with van der Waals surface area (Å²) in [5.74, 6) is 0.124. The number of aromatic nitrogens is 4. The van der Waals surface area contributed by atoms with E-state index in [0.717, 1.165) is 0 Å². The molecule has 3 heterocycles. The zero-order valence-electron chi connectivity index (χ0n) is 14.2. The number of carbonyl (C=O) groups is 1. The highest BCUT2D eigenvalue weighted by molar-refractivity contribution is 7.91. The number of esters is 1. The average Bonchev–Trinajstić information content (AvgIpc) is 3.22. The molecule has 1 atom stereocenters. The van der Waals surface area contributed by atoms with Crippen LogP contribution in [0.1, 0.15) is 35.5 Å². The van der Waals surface area contributed by atoms with Gasteiger partial charge in [0.1, 0.15) is 5.15 Å². The van der Waals surface area contributed by atoms with Crippen molar-refractivity contribution in [3.8, 4) is 0 Å². The van der Waals surface area contributed by atoms with Crippen molar-refractivity contribution < 1.29 is 22.4 Å². The number of aryl methyl sites for hydroxylation is 2. The summed E-state index contributed by atoms with van der Waals surface area (Å²) in [6, 6.07) is -0.291. The molecule has 9 nitrogen and oxygen atoms in total. The van der Waals surface area contributed by atoms with Crippen LogP contribution in [0.5, 0.6) is 0 Å². The second-order valence-corrected chi connectivity index (χ2v) is 8.53. The Bertz CT molecular complexity index is 963. The van der Waals surface area contributed by atoms with Gasteiger partial charge in [-0.1, -0.05) is 11.6 Å². The third kappa shape index (κ3) is 4.13. The molecule has 26 heavy (non-hydrogen) atoms. The fourth-order valence-electron chi connectivity index (χ4n) is 2.66. The molecule has 0 unspecified atom stereocenters. The molecule has 1 saturated heterocycles. The predicted octanol–water partition coefficient (Wildman–Crippen LogP) is 1.65. The van der Waals surface area contributed by atoms with Crippen LogP contribution in [0, 0.1) is 13.8 Å². The van der Waals surface area contributed by atoms with Crippen molar-refractivity contribution in [3.05, 3.63) is 34.3 Å². The maximum atomic E-state index is 11.8. The summed E-state index contributed by atoms with van der Waals surface area (Å²) in [6.07, 6.45) is 3.18. The van der Waals surface area contributed by atoms with Gasteiger partial charge in [-0.15, -0.1) is 10.2 Å². The molecule has 0 aliphatic carbocycles. The van der Waals surface area contributed by atoms with E-state index in [1.807, 2.05) is 0 Å². The Labute approximate surface area is 154 Å². The minimum Gasteiger partial charge on any atom is -0.452 e. The first-order valence-corrected chi connectivity index (χ1v) is 10.0. The van der Waals surface area contributed by atoms with Gasteiger partial charge in [-0.25, -0.2) is 17.9 Å². The first kappa shape index (κ1) is 18.6. The van der Waals surface area contributed by atoms with Crippen LogP contribution >= 0.6 is 11.6 Å². The van der Waals surface area contributed by atoms with Crippen LogP contribution in [-0.2, 0) is 26.0 Å². The third-order valence-electron chi connectivity index (χ3n) is 3.92. The van der Waals surface area contributed by atoms with Crippen molar-refractivity contribution in [2.75, 3.05) is 11.5 Å². The van der Waals surface area contributed by atoms with Gasteiger partial charge < -0.3 is 9.15 Å². The summed E-state index contributed by atoms with van der Waals surface area (Å²) in [5, 5.41) is 12.0. The SMILES string of the molecule is Cc1nnc(COC(=O)/C=C/c2c(C)nn([C@@H]3CCS(=O)(=O)C3)c2Cl)o1. The van der Waals surface area contributed by atoms with Crippen LogP contribution in [0.2, 0.25) is 5.15 Å². The van der Waals surface area contributed by atoms with E-state index in [0.29, 0.717) is 28.7 Å². The molecule has 1 fully saturated rings. The van der Waals surface area contributed by atoms with Crippen LogP contribution < -0.4 is 0 Å². The van der Waals surface area contributed by atoms with E-state index in [9.17, 15) is 13.2 Å². The Morgan fingerprint density at radius 2 is 2.19 bits per heavy atom. The molecule has 0 aromatic carbocycles. The molecule has 3 rings (SSSR count). The zero-order chi connectivity index (χ0) is 18.9. The molecule has 2 aromatic heterocycles. The summed E-state index contributed by atoms with van der Waals surface area (Å²) >= 11 is 6.33. The van der Waals surface area contributed by atoms with Crippen molar-refractivity contribution in [3.63, 3.8) is 0 Å². The van der Waals surface area contributed by atoms with E-state index in [4.69, 9.17) is 20.8 Å². The Morgan fingerprint density at radius 1 is 1.42 bits per heavy atom. The molecule has 0 N–H and O–H groups in total. The average molecular weight is 401 g/mol. The number of rotatable bonds is 5. The minimum absolute atomic E-state index is 0.0165. The molecule has 0 saturated carbocycles. The molecule has 2 aromatic rings. The predicted molar refractivity (Wildman–Crippen MR) is 92.1 cm³/mol. The van der Waals surface area contributed by atoms with Crippen molar-refractivity contribution in [1.82, 2.24) is 20.0 Å². The van der Waals surface area contributed by atoms with Crippen LogP contribution in [0.3, 0.4) is 0 Å². The lowest BCUT2D eigenvalue weighted by Crippen LogP contribution is -2.12. The molecule has 0 bridgehead atoms. The molecule has 0 amide bonds. The molecular weight excluding hydrogens is 384 g/mol. The Kier molecular flexibility index (Phi) is 5.15. The summed E-state index contributed by atoms with van der Waals surface area (Å²) in [4.78, 5) is 11.8. The summed E-state index contributed by atoms with van der Waals surface area (Å²) in [6.45, 7) is 3.24. The zero-order valence-corrected chi connectivity index (χ0v) is 15.7. The number of nitrogens with zero attached hydrogens (tertiary/aromatic N) is 4. The van der Waals surface area contributed by atoms with E-state index in [1.165, 1.54) is 16.8 Å². The molecule has 140 valence electrons. The van der Waals surface area contributed by atoms with E-state index < -0.39 is 15.8 Å². The largest absolute Gasteiger partial charge is 0.452 e. The van der Waals surface area contributed by atoms with Gasteiger partial charge in [-0.3, -0.25) is 0 Å². The van der Waals surface area contributed by atoms with Crippen LogP contribution in [-0.4, -0.2) is 45.9 Å². The highest BCUT2D eigenvalue weighted by atomic mass is 35.5. The molecule has 1 aliphatic rings. The first-order valence-electron chi connectivity index (χ1n) is 7.84. The lowest BCUT2D eigenvalue weighted by molar-refractivity contribution is -0.139. The fourth-order valence-corrected chi connectivity index (χ4v) is 4.73. The van der Waals surface area contributed by atoms with E-state index in [-0.39, 0.29) is 30.0 Å². The molecule has 1 aliphatic heterocycles. The van der Waals surface area contributed by atoms with E-state index >= 15 is 0 Å². The normalized spacial score (nSPS) is 19.3. The van der Waals surface area contributed by atoms with Gasteiger partial charge in [0.05, 0.1) is 23.2 Å². The minimum atomic E-state index is -3.05. The van der Waals surface area contributed by atoms with Crippen molar-refractivity contribution in [2.24, 2.45) is 0 Å². The lowest BCUT2D eigenvalue weighted by atomic mass is 10.2. The molecule has 0 radical (unpaired) electrons. The summed E-state index contributed by atoms with van der Waals surface area (Å²) in [5.41, 5.74) is 1.14. The Balaban J connectivity index is 1.67. The van der Waals surface area contributed by atoms with Crippen molar-refractivity contribution in [2.45, 2.75) is 32.9 Å². The smallest absolute Gasteiger partial charge is 0.331 e. The molecular formula is C15H17ClN4O5S. The van der Waals surface area contributed by atoms with Gasteiger partial charge in [-0.05, 0) is 19.4 Å². The fraction of sp³-hybridized carbons (Fsp3) is 0.467. The van der Waals surface area contributed by atoms with E-state index in [1.54, 1.807) is 13.8 Å². The standard InChI is InChI=1S/C15H17ClN4O5S/c1-9-12(3-4-14(21)24-7-13-18-17-10(2)25-13)15(16)20(19-9)11-5-6-26(22,23)8-11/h3-4,11H,5-8H2,1-2H3/b4-3+/t11-/m1/s1. The topological polar surface area (TPSA) is 117 Å². The number of halogens is 1. The van der Waals surface area contributed by atoms with Crippen LogP contribution in [0.4, 0.5) is 0 Å². The van der Waals surface area contributed by atoms with Gasteiger partial charge >= 0.3 is 5.97 Å². The van der Waals surface area contributed by atoms with Gasteiger partial charge in [-0.2, -0.15) is 5.10 Å². The molecule has 11 heteroatoms. The Hall–Kier alpha value is -2.20. The maximum absolute atomic E-state index is 11.8. The van der Waals surface area contributed by atoms with E-state index in [2.05, 4.69) is 15.3 Å². The van der Waals surface area contributed by atoms with Crippen LogP contribution in [0.15, 0.2) is 10.5 Å². The highest BCUT2D eigenvalue weighted by Gasteiger charge is 2.31. The van der Waals surface area contributed by atoms with Gasteiger partial charge in [0.2, 0.25) is 5.89 Å². The first-order chi connectivity index (χ1) is 12.2. The molecule has 0 spiro atoms. The number of hydrogen-bond donors (Lipinski definition) is 0. The summed E-state index contributed by atoms with van der Waals surface area (Å²) in [7, 11) is -3.05. The number of sulfone groups is 1. The van der Waals surface area contributed by atoms with Gasteiger partial charge in [0, 0.05) is 18.6 Å². The number of carbonyl (C=O) groups excluding carboxylic acids is 1. The second-order valence-electron chi connectivity index (χ2n) is 5.95. The Morgan fingerprint density at radius 3 is 2.81 bits per heavy atom. The monoisotopic (exact) mass is 400 g/mol. The van der Waals surface area contributed by atoms with Crippen molar-refractivity contribution in [1.29, 1.82) is 0 Å². The third-order valence-corrected chi connectivity index (χ3v) is 6.04. The number of hydrogen-bond acceptors (Lipinski definition) is 8.